The minimum atomic E-state index is -4.47. The van der Waals surface area contributed by atoms with Gasteiger partial charge >= 0.3 is 6.18 Å². The van der Waals surface area contributed by atoms with E-state index >= 15 is 4.39 Å². The number of imidazole rings is 1. The van der Waals surface area contributed by atoms with E-state index in [4.69, 9.17) is 23.2 Å². The van der Waals surface area contributed by atoms with E-state index in [1.807, 2.05) is 0 Å². The standard InChI is InChI=1S/C21H14Cl2F4N4O/c22-12-9-13(24)14(15-18(23)30-7-1-2-8-31(30)20(15)32)17-16(12)28-19(29-17)10-3-5-11(6-4-10)21(25,26)27/h3-6,9H,1-2,7-8H2,(H,28,29). The summed E-state index contributed by atoms with van der Waals surface area (Å²) in [5.41, 5.74) is -0.635. The van der Waals surface area contributed by atoms with Gasteiger partial charge in [0.25, 0.3) is 5.56 Å². The third kappa shape index (κ3) is 3.22. The number of hydrogen-bond acceptors (Lipinski definition) is 2. The lowest BCUT2D eigenvalue weighted by atomic mass is 10.1. The third-order valence-corrected chi connectivity index (χ3v) is 6.24. The second-order valence-corrected chi connectivity index (χ2v) is 8.29. The molecule has 0 saturated carbocycles. The molecule has 166 valence electrons. The van der Waals surface area contributed by atoms with Gasteiger partial charge in [0, 0.05) is 18.7 Å². The van der Waals surface area contributed by atoms with E-state index in [1.165, 1.54) is 16.8 Å². The van der Waals surface area contributed by atoms with Crippen LogP contribution in [0.1, 0.15) is 18.4 Å². The predicted molar refractivity (Wildman–Crippen MR) is 113 cm³/mol. The van der Waals surface area contributed by atoms with Crippen LogP contribution < -0.4 is 5.56 Å². The molecule has 5 nitrogen and oxygen atoms in total. The van der Waals surface area contributed by atoms with Gasteiger partial charge in [-0.25, -0.2) is 14.1 Å². The highest BCUT2D eigenvalue weighted by Gasteiger charge is 2.31. The molecule has 5 rings (SSSR count). The Morgan fingerprint density at radius 1 is 1.00 bits per heavy atom. The van der Waals surface area contributed by atoms with E-state index in [0.29, 0.717) is 18.7 Å². The molecular formula is C21H14Cl2F4N4O. The highest BCUT2D eigenvalue weighted by Crippen LogP contribution is 2.38. The van der Waals surface area contributed by atoms with Crippen LogP contribution in [-0.2, 0) is 19.3 Å². The van der Waals surface area contributed by atoms with Crippen LogP contribution in [0.3, 0.4) is 0 Å². The number of nitrogens with zero attached hydrogens (tertiary/aromatic N) is 3. The summed E-state index contributed by atoms with van der Waals surface area (Å²) in [6, 6.07) is 5.41. The number of fused-ring (bicyclic) bond motifs is 2. The lowest BCUT2D eigenvalue weighted by Crippen LogP contribution is -2.27. The zero-order chi connectivity index (χ0) is 22.8. The van der Waals surface area contributed by atoms with Crippen molar-refractivity contribution < 1.29 is 17.6 Å². The quantitative estimate of drug-likeness (QED) is 0.348. The second kappa shape index (κ2) is 7.38. The zero-order valence-corrected chi connectivity index (χ0v) is 17.7. The SMILES string of the molecule is O=c1c(-c2c(F)cc(Cl)c3nc(-c4ccc(C(F)(F)F)cc4)[nH]c23)c(Cl)n2n1CCCC2. The number of halogens is 6. The minimum absolute atomic E-state index is 0.00383. The predicted octanol–water partition coefficient (Wildman–Crippen LogP) is 6.12. The van der Waals surface area contributed by atoms with E-state index in [1.54, 1.807) is 4.68 Å². The Morgan fingerprint density at radius 3 is 2.28 bits per heavy atom. The number of alkyl halides is 3. The van der Waals surface area contributed by atoms with Crippen LogP contribution in [0.2, 0.25) is 10.2 Å². The summed E-state index contributed by atoms with van der Waals surface area (Å²) in [7, 11) is 0. The molecule has 4 aromatic rings. The van der Waals surface area contributed by atoms with Crippen molar-refractivity contribution in [3.63, 3.8) is 0 Å². The van der Waals surface area contributed by atoms with Crippen molar-refractivity contribution in [1.82, 2.24) is 19.3 Å². The number of H-pyrrole nitrogens is 1. The lowest BCUT2D eigenvalue weighted by Gasteiger charge is -2.17. The Labute approximate surface area is 188 Å². The third-order valence-electron chi connectivity index (χ3n) is 5.57. The molecule has 0 spiro atoms. The van der Waals surface area contributed by atoms with Crippen LogP contribution in [0.5, 0.6) is 0 Å². The van der Waals surface area contributed by atoms with Crippen molar-refractivity contribution in [1.29, 1.82) is 0 Å². The topological polar surface area (TPSA) is 55.6 Å². The molecule has 0 fully saturated rings. The van der Waals surface area contributed by atoms with Gasteiger partial charge in [-0.15, -0.1) is 0 Å². The normalized spacial score (nSPS) is 14.2. The van der Waals surface area contributed by atoms with Crippen molar-refractivity contribution in [2.75, 3.05) is 0 Å². The molecule has 0 radical (unpaired) electrons. The van der Waals surface area contributed by atoms with Crippen molar-refractivity contribution in [3.8, 4) is 22.5 Å². The molecule has 2 aromatic carbocycles. The van der Waals surface area contributed by atoms with E-state index in [2.05, 4.69) is 9.97 Å². The van der Waals surface area contributed by atoms with Crippen LogP contribution in [0.25, 0.3) is 33.5 Å². The summed E-state index contributed by atoms with van der Waals surface area (Å²) in [6.45, 7) is 1.00. The van der Waals surface area contributed by atoms with Gasteiger partial charge in [-0.1, -0.05) is 35.3 Å². The molecule has 3 heterocycles. The summed E-state index contributed by atoms with van der Waals surface area (Å²) in [4.78, 5) is 20.3. The van der Waals surface area contributed by atoms with Crippen molar-refractivity contribution in [2.24, 2.45) is 0 Å². The fourth-order valence-corrected chi connectivity index (χ4v) is 4.62. The van der Waals surface area contributed by atoms with Crippen LogP contribution in [0, 0.1) is 5.82 Å². The van der Waals surface area contributed by atoms with Crippen molar-refractivity contribution >= 4 is 34.2 Å². The Kier molecular flexibility index (Phi) is 4.86. The zero-order valence-electron chi connectivity index (χ0n) is 16.2. The molecule has 0 aliphatic carbocycles. The number of hydrogen-bond donors (Lipinski definition) is 1. The van der Waals surface area contributed by atoms with Gasteiger partial charge < -0.3 is 4.98 Å². The number of benzene rings is 2. The summed E-state index contributed by atoms with van der Waals surface area (Å²) in [5, 5.41) is 0.110. The van der Waals surface area contributed by atoms with E-state index in [-0.39, 0.29) is 38.2 Å². The van der Waals surface area contributed by atoms with Gasteiger partial charge in [0.15, 0.2) is 0 Å². The summed E-state index contributed by atoms with van der Waals surface area (Å²) >= 11 is 12.7. The molecule has 0 amide bonds. The molecule has 0 atom stereocenters. The number of nitrogens with one attached hydrogen (secondary N) is 1. The first-order valence-electron chi connectivity index (χ1n) is 9.71. The van der Waals surface area contributed by atoms with Gasteiger partial charge in [-0.2, -0.15) is 13.2 Å². The lowest BCUT2D eigenvalue weighted by molar-refractivity contribution is -0.137. The molecule has 1 aliphatic rings. The highest BCUT2D eigenvalue weighted by molar-refractivity contribution is 6.36. The van der Waals surface area contributed by atoms with E-state index < -0.39 is 23.1 Å². The maximum Gasteiger partial charge on any atom is 0.416 e. The van der Waals surface area contributed by atoms with Gasteiger partial charge in [-0.05, 0) is 31.0 Å². The summed E-state index contributed by atoms with van der Waals surface area (Å²) < 4.78 is 56.8. The van der Waals surface area contributed by atoms with Crippen LogP contribution in [0.15, 0.2) is 35.1 Å². The molecule has 11 heteroatoms. The Bertz CT molecular complexity index is 1420. The fourth-order valence-electron chi connectivity index (χ4n) is 4.03. The Morgan fingerprint density at radius 2 is 1.66 bits per heavy atom. The molecule has 1 aliphatic heterocycles. The first-order valence-corrected chi connectivity index (χ1v) is 10.5. The average Bonchev–Trinajstić information content (AvgIpc) is 3.30. The smallest absolute Gasteiger partial charge is 0.337 e. The molecular weight excluding hydrogens is 471 g/mol. The van der Waals surface area contributed by atoms with Gasteiger partial charge in [0.2, 0.25) is 0 Å². The Balaban J connectivity index is 1.72. The van der Waals surface area contributed by atoms with Crippen LogP contribution in [-0.4, -0.2) is 19.3 Å². The second-order valence-electron chi connectivity index (χ2n) is 7.52. The number of aromatic amines is 1. The van der Waals surface area contributed by atoms with Gasteiger partial charge in [0.05, 0.1) is 27.2 Å². The summed E-state index contributed by atoms with van der Waals surface area (Å²) in [6.07, 6.45) is -2.83. The number of rotatable bonds is 2. The van der Waals surface area contributed by atoms with Gasteiger partial charge in [-0.3, -0.25) is 9.48 Å². The molecule has 32 heavy (non-hydrogen) atoms. The maximum absolute atomic E-state index is 15.1. The highest BCUT2D eigenvalue weighted by atomic mass is 35.5. The monoisotopic (exact) mass is 484 g/mol. The Hall–Kier alpha value is -2.78. The maximum atomic E-state index is 15.1. The summed E-state index contributed by atoms with van der Waals surface area (Å²) in [5.74, 6) is -0.574. The molecule has 0 bridgehead atoms. The average molecular weight is 485 g/mol. The van der Waals surface area contributed by atoms with Crippen molar-refractivity contribution in [3.05, 3.63) is 62.2 Å². The first kappa shape index (κ1) is 21.1. The van der Waals surface area contributed by atoms with Crippen LogP contribution >= 0.6 is 23.2 Å². The van der Waals surface area contributed by atoms with Crippen molar-refractivity contribution in [2.45, 2.75) is 32.1 Å². The first-order chi connectivity index (χ1) is 15.2. The van der Waals surface area contributed by atoms with E-state index in [0.717, 1.165) is 31.0 Å². The molecule has 0 unspecified atom stereocenters. The fraction of sp³-hybridized carbons (Fsp3) is 0.238. The minimum Gasteiger partial charge on any atom is -0.337 e. The number of aromatic nitrogens is 4. The van der Waals surface area contributed by atoms with Crippen LogP contribution in [0.4, 0.5) is 17.6 Å². The molecule has 1 N–H and O–H groups in total. The molecule has 2 aromatic heterocycles. The molecule has 0 saturated heterocycles. The van der Waals surface area contributed by atoms with E-state index in [9.17, 15) is 18.0 Å². The van der Waals surface area contributed by atoms with Gasteiger partial charge in [0.1, 0.15) is 22.3 Å². The largest absolute Gasteiger partial charge is 0.416 e.